The van der Waals surface area contributed by atoms with Gasteiger partial charge in [0.25, 0.3) is 0 Å². The molecule has 3 aromatic carbocycles. The molecule has 1 atom stereocenters. The van der Waals surface area contributed by atoms with Gasteiger partial charge in [0, 0.05) is 13.1 Å². The second-order valence-electron chi connectivity index (χ2n) is 9.37. The van der Waals surface area contributed by atoms with Gasteiger partial charge in [-0.05, 0) is 73.0 Å². The molecule has 172 valence electrons. The highest BCUT2D eigenvalue weighted by Gasteiger charge is 2.33. The van der Waals surface area contributed by atoms with Crippen LogP contribution >= 0.6 is 0 Å². The van der Waals surface area contributed by atoms with Crippen molar-refractivity contribution in [3.63, 3.8) is 0 Å². The summed E-state index contributed by atoms with van der Waals surface area (Å²) < 4.78 is 28.7. The van der Waals surface area contributed by atoms with E-state index in [1.807, 2.05) is 36.4 Å². The Kier molecular flexibility index (Phi) is 6.52. The third kappa shape index (κ3) is 5.15. The first-order valence-corrected chi connectivity index (χ1v) is 13.6. The van der Waals surface area contributed by atoms with Crippen LogP contribution in [0.4, 0.5) is 5.69 Å². The molecule has 0 saturated carbocycles. The molecule has 0 aromatic heterocycles. The molecule has 1 unspecified atom stereocenters. The Bertz CT molecular complexity index is 1170. The molecule has 1 fully saturated rings. The van der Waals surface area contributed by atoms with Crippen LogP contribution in [0.2, 0.25) is 0 Å². The van der Waals surface area contributed by atoms with Crippen LogP contribution in [-0.4, -0.2) is 45.2 Å². The molecule has 2 heterocycles. The van der Waals surface area contributed by atoms with Crippen LogP contribution in [-0.2, 0) is 22.9 Å². The number of benzene rings is 3. The quantitative estimate of drug-likeness (QED) is 0.498. The molecular formula is C28H32N2O2S. The highest BCUT2D eigenvalue weighted by Crippen LogP contribution is 2.33. The highest BCUT2D eigenvalue weighted by molar-refractivity contribution is 7.92. The maximum Gasteiger partial charge on any atom is 0.235 e. The average molecular weight is 461 g/mol. The lowest BCUT2D eigenvalue weighted by Crippen LogP contribution is -2.44. The van der Waals surface area contributed by atoms with Gasteiger partial charge in [-0.2, -0.15) is 0 Å². The molecule has 0 aliphatic carbocycles. The first-order chi connectivity index (χ1) is 16.1. The number of likely N-dealkylation sites (tertiary alicyclic amines) is 1. The number of sulfonamides is 1. The lowest BCUT2D eigenvalue weighted by Gasteiger charge is -2.36. The van der Waals surface area contributed by atoms with Crippen LogP contribution in [0.5, 0.6) is 0 Å². The monoisotopic (exact) mass is 460 g/mol. The number of hydrogen-bond acceptors (Lipinski definition) is 3. The van der Waals surface area contributed by atoms with Crippen molar-refractivity contribution in [1.82, 2.24) is 4.90 Å². The SMILES string of the molecule is O=S(=O)(CCc1ccc(-c2ccccc2)cc1)N1CC(CN2CCCC2)Cc2ccccc21. The fourth-order valence-corrected chi connectivity index (χ4v) is 6.83. The van der Waals surface area contributed by atoms with Gasteiger partial charge in [0.15, 0.2) is 0 Å². The van der Waals surface area contributed by atoms with E-state index in [1.165, 1.54) is 18.4 Å². The second-order valence-corrected chi connectivity index (χ2v) is 11.4. The minimum absolute atomic E-state index is 0.127. The molecule has 5 rings (SSSR count). The average Bonchev–Trinajstić information content (AvgIpc) is 3.36. The molecule has 0 radical (unpaired) electrons. The Morgan fingerprint density at radius 3 is 2.21 bits per heavy atom. The molecule has 0 bridgehead atoms. The Balaban J connectivity index is 1.29. The van der Waals surface area contributed by atoms with E-state index >= 15 is 0 Å². The largest absolute Gasteiger partial charge is 0.303 e. The number of hydrogen-bond donors (Lipinski definition) is 0. The summed E-state index contributed by atoms with van der Waals surface area (Å²) >= 11 is 0. The van der Waals surface area contributed by atoms with E-state index in [9.17, 15) is 8.42 Å². The van der Waals surface area contributed by atoms with Crippen molar-refractivity contribution in [2.75, 3.05) is 36.2 Å². The number of aryl methyl sites for hydroxylation is 1. The van der Waals surface area contributed by atoms with Gasteiger partial charge in [-0.3, -0.25) is 4.31 Å². The summed E-state index contributed by atoms with van der Waals surface area (Å²) in [7, 11) is -3.41. The molecule has 5 heteroatoms. The predicted octanol–water partition coefficient (Wildman–Crippen LogP) is 5.00. The lowest BCUT2D eigenvalue weighted by atomic mass is 9.93. The van der Waals surface area contributed by atoms with Crippen LogP contribution in [0.15, 0.2) is 78.9 Å². The number of anilines is 1. The third-order valence-electron chi connectivity index (χ3n) is 6.95. The Morgan fingerprint density at radius 2 is 1.45 bits per heavy atom. The standard InChI is InChI=1S/C28H32N2O2S/c31-33(32,19-16-23-12-14-26(15-13-23)25-8-2-1-3-9-25)30-22-24(21-29-17-6-7-18-29)20-27-10-4-5-11-28(27)30/h1-5,8-15,24H,6-7,16-22H2. The molecule has 33 heavy (non-hydrogen) atoms. The van der Waals surface area contributed by atoms with Crippen LogP contribution in [0.25, 0.3) is 11.1 Å². The smallest absolute Gasteiger partial charge is 0.235 e. The van der Waals surface area contributed by atoms with Crippen molar-refractivity contribution in [2.45, 2.75) is 25.7 Å². The number of rotatable bonds is 7. The van der Waals surface area contributed by atoms with Gasteiger partial charge in [0.2, 0.25) is 10.0 Å². The summed E-state index contributed by atoms with van der Waals surface area (Å²) in [6, 6.07) is 26.6. The summed E-state index contributed by atoms with van der Waals surface area (Å²) in [5.74, 6) is 0.473. The fraction of sp³-hybridized carbons (Fsp3) is 0.357. The topological polar surface area (TPSA) is 40.6 Å². The molecule has 0 spiro atoms. The molecule has 0 N–H and O–H groups in total. The first kappa shape index (κ1) is 22.2. The van der Waals surface area contributed by atoms with Crippen molar-refractivity contribution in [2.24, 2.45) is 5.92 Å². The molecule has 2 aliphatic heterocycles. The molecule has 3 aromatic rings. The van der Waals surface area contributed by atoms with Crippen molar-refractivity contribution >= 4 is 15.7 Å². The zero-order valence-corrected chi connectivity index (χ0v) is 19.9. The second kappa shape index (κ2) is 9.70. The zero-order valence-electron chi connectivity index (χ0n) is 19.1. The van der Waals surface area contributed by atoms with Crippen LogP contribution in [0, 0.1) is 5.92 Å². The number of nitrogens with zero attached hydrogens (tertiary/aromatic N) is 2. The maximum atomic E-state index is 13.5. The summed E-state index contributed by atoms with van der Waals surface area (Å²) in [4.78, 5) is 2.50. The Labute approximate surface area is 197 Å². The lowest BCUT2D eigenvalue weighted by molar-refractivity contribution is 0.277. The van der Waals surface area contributed by atoms with Gasteiger partial charge >= 0.3 is 0 Å². The number of fused-ring (bicyclic) bond motifs is 1. The van der Waals surface area contributed by atoms with Gasteiger partial charge in [-0.1, -0.05) is 72.8 Å². The summed E-state index contributed by atoms with van der Waals surface area (Å²) in [5, 5.41) is 0. The minimum atomic E-state index is -3.41. The van der Waals surface area contributed by atoms with Crippen LogP contribution < -0.4 is 4.31 Å². The van der Waals surface area contributed by atoms with E-state index in [0.29, 0.717) is 18.9 Å². The van der Waals surface area contributed by atoms with E-state index in [4.69, 9.17) is 0 Å². The van der Waals surface area contributed by atoms with Crippen molar-refractivity contribution < 1.29 is 8.42 Å². The Morgan fingerprint density at radius 1 is 0.788 bits per heavy atom. The normalized spacial score (nSPS) is 18.9. The third-order valence-corrected chi connectivity index (χ3v) is 8.69. The van der Waals surface area contributed by atoms with E-state index in [-0.39, 0.29) is 5.75 Å². The summed E-state index contributed by atoms with van der Waals surface area (Å²) in [6.07, 6.45) is 4.00. The fourth-order valence-electron chi connectivity index (χ4n) is 5.20. The van der Waals surface area contributed by atoms with Crippen molar-refractivity contribution in [1.29, 1.82) is 0 Å². The number of para-hydroxylation sites is 1. The van der Waals surface area contributed by atoms with E-state index < -0.39 is 10.0 Å². The molecule has 2 aliphatic rings. The summed E-state index contributed by atoms with van der Waals surface area (Å²) in [5.41, 5.74) is 5.40. The Hall–Kier alpha value is -2.63. The van der Waals surface area contributed by atoms with Gasteiger partial charge in [-0.15, -0.1) is 0 Å². The van der Waals surface area contributed by atoms with Gasteiger partial charge in [0.1, 0.15) is 0 Å². The van der Waals surface area contributed by atoms with Crippen LogP contribution in [0.1, 0.15) is 24.0 Å². The molecule has 1 saturated heterocycles. The predicted molar refractivity (Wildman–Crippen MR) is 136 cm³/mol. The summed E-state index contributed by atoms with van der Waals surface area (Å²) in [6.45, 7) is 3.86. The van der Waals surface area contributed by atoms with E-state index in [2.05, 4.69) is 47.4 Å². The molecule has 4 nitrogen and oxygen atoms in total. The molecular weight excluding hydrogens is 428 g/mol. The van der Waals surface area contributed by atoms with Crippen molar-refractivity contribution in [3.8, 4) is 11.1 Å². The maximum absolute atomic E-state index is 13.5. The molecule has 0 amide bonds. The zero-order chi connectivity index (χ0) is 22.7. The first-order valence-electron chi connectivity index (χ1n) is 12.0. The van der Waals surface area contributed by atoms with E-state index in [1.54, 1.807) is 4.31 Å². The van der Waals surface area contributed by atoms with E-state index in [0.717, 1.165) is 48.4 Å². The van der Waals surface area contributed by atoms with Crippen LogP contribution in [0.3, 0.4) is 0 Å². The minimum Gasteiger partial charge on any atom is -0.303 e. The van der Waals surface area contributed by atoms with Gasteiger partial charge in [0.05, 0.1) is 11.4 Å². The van der Waals surface area contributed by atoms with Gasteiger partial charge < -0.3 is 4.90 Å². The van der Waals surface area contributed by atoms with Gasteiger partial charge in [-0.25, -0.2) is 8.42 Å². The highest BCUT2D eigenvalue weighted by atomic mass is 32.2. The van der Waals surface area contributed by atoms with Crippen molar-refractivity contribution in [3.05, 3.63) is 90.0 Å².